The van der Waals surface area contributed by atoms with Gasteiger partial charge in [-0.15, -0.1) is 0 Å². The van der Waals surface area contributed by atoms with E-state index in [4.69, 9.17) is 21.6 Å². The first-order valence-electron chi connectivity index (χ1n) is 10.8. The van der Waals surface area contributed by atoms with Crippen molar-refractivity contribution in [2.75, 3.05) is 19.0 Å². The van der Waals surface area contributed by atoms with E-state index in [-0.39, 0.29) is 18.2 Å². The average molecular weight is 459 g/mol. The van der Waals surface area contributed by atoms with Gasteiger partial charge < -0.3 is 32.2 Å². The molecule has 0 bridgehead atoms. The van der Waals surface area contributed by atoms with Gasteiger partial charge in [0.15, 0.2) is 0 Å². The number of rotatable bonds is 10. The molecule has 0 unspecified atom stereocenters. The number of hydrogen-bond acceptors (Lipinski definition) is 9. The molecule has 9 heteroatoms. The number of nitrogens with two attached hydrogens (primary N) is 2. The SMILES string of the molecule is CN/C=C(\C(=N)COc1cccnc1)c1cnc2ccc(N/C(N)=C/C(=C\N)C(C)C)nc2c1. The summed E-state index contributed by atoms with van der Waals surface area (Å²) in [7, 11) is 1.78. The molecule has 3 aromatic rings. The lowest BCUT2D eigenvalue weighted by atomic mass is 10.0. The van der Waals surface area contributed by atoms with Crippen molar-refractivity contribution in [3.05, 3.63) is 84.4 Å². The van der Waals surface area contributed by atoms with Crippen LogP contribution in [0.4, 0.5) is 5.82 Å². The summed E-state index contributed by atoms with van der Waals surface area (Å²) in [6.45, 7) is 4.17. The molecule has 0 aliphatic heterocycles. The van der Waals surface area contributed by atoms with E-state index in [0.717, 1.165) is 16.7 Å². The highest BCUT2D eigenvalue weighted by molar-refractivity contribution is 6.23. The lowest BCUT2D eigenvalue weighted by Gasteiger charge is -2.12. The molecule has 0 fully saturated rings. The molecule has 0 spiro atoms. The van der Waals surface area contributed by atoms with Gasteiger partial charge >= 0.3 is 0 Å². The number of fused-ring (bicyclic) bond motifs is 1. The Kier molecular flexibility index (Phi) is 8.17. The predicted octanol–water partition coefficient (Wildman–Crippen LogP) is 3.39. The van der Waals surface area contributed by atoms with E-state index in [0.29, 0.717) is 28.5 Å². The second kappa shape index (κ2) is 11.5. The van der Waals surface area contributed by atoms with E-state index in [1.165, 1.54) is 0 Å². The minimum Gasteiger partial charge on any atom is -0.486 e. The molecule has 0 amide bonds. The van der Waals surface area contributed by atoms with Crippen molar-refractivity contribution in [3.8, 4) is 5.75 Å². The number of anilines is 1. The van der Waals surface area contributed by atoms with Crippen molar-refractivity contribution in [3.63, 3.8) is 0 Å². The van der Waals surface area contributed by atoms with Gasteiger partial charge in [-0.25, -0.2) is 4.98 Å². The molecule has 0 atom stereocenters. The van der Waals surface area contributed by atoms with E-state index in [1.54, 1.807) is 56.2 Å². The standard InChI is InChI=1S/C25H30N8O/c1-16(2)17(11-26)10-24(28)33-25-7-6-22-23(32-25)9-18(12-31-22)20(14-29-3)21(27)15-34-19-5-4-8-30-13-19/h4-14,16,27,29H,15,26,28H2,1-3H3,(H,32,33)/b17-11+,20-14-,24-10+,27-21?. The van der Waals surface area contributed by atoms with Crippen molar-refractivity contribution in [2.45, 2.75) is 13.8 Å². The van der Waals surface area contributed by atoms with Gasteiger partial charge in [0.2, 0.25) is 0 Å². The minimum atomic E-state index is 0.0838. The second-order valence-corrected chi connectivity index (χ2v) is 7.81. The van der Waals surface area contributed by atoms with Crippen LogP contribution < -0.4 is 26.8 Å². The monoisotopic (exact) mass is 458 g/mol. The van der Waals surface area contributed by atoms with E-state index < -0.39 is 0 Å². The van der Waals surface area contributed by atoms with Crippen LogP contribution in [0, 0.1) is 11.3 Å². The highest BCUT2D eigenvalue weighted by atomic mass is 16.5. The number of nitrogens with zero attached hydrogens (tertiary/aromatic N) is 3. The fourth-order valence-electron chi connectivity index (χ4n) is 3.15. The molecule has 7 N–H and O–H groups in total. The first-order chi connectivity index (χ1) is 16.4. The highest BCUT2D eigenvalue weighted by Gasteiger charge is 2.12. The zero-order valence-electron chi connectivity index (χ0n) is 19.5. The molecular weight excluding hydrogens is 428 g/mol. The van der Waals surface area contributed by atoms with Crippen molar-refractivity contribution in [2.24, 2.45) is 17.4 Å². The van der Waals surface area contributed by atoms with Crippen LogP contribution in [-0.4, -0.2) is 34.3 Å². The Morgan fingerprint density at radius 1 is 1.21 bits per heavy atom. The summed E-state index contributed by atoms with van der Waals surface area (Å²) in [6.07, 6.45) is 10.1. The molecular formula is C25H30N8O. The maximum atomic E-state index is 8.54. The summed E-state index contributed by atoms with van der Waals surface area (Å²) in [5, 5.41) is 14.6. The molecule has 0 aromatic carbocycles. The largest absolute Gasteiger partial charge is 0.486 e. The molecule has 9 nitrogen and oxygen atoms in total. The van der Waals surface area contributed by atoms with E-state index in [2.05, 4.69) is 25.6 Å². The molecule has 0 radical (unpaired) electrons. The Hall–Kier alpha value is -4.40. The molecule has 34 heavy (non-hydrogen) atoms. The molecule has 3 rings (SSSR count). The van der Waals surface area contributed by atoms with Gasteiger partial charge in [0.05, 0.1) is 22.9 Å². The van der Waals surface area contributed by atoms with Crippen LogP contribution in [0.25, 0.3) is 16.6 Å². The summed E-state index contributed by atoms with van der Waals surface area (Å²) < 4.78 is 5.69. The number of pyridine rings is 3. The topological polar surface area (TPSA) is 148 Å². The van der Waals surface area contributed by atoms with Gasteiger partial charge in [-0.05, 0) is 54.1 Å². The molecule has 0 aliphatic rings. The number of allylic oxidation sites excluding steroid dienone is 2. The normalized spacial score (nSPS) is 12.6. The van der Waals surface area contributed by atoms with Crippen LogP contribution in [0.15, 0.2) is 78.8 Å². The van der Waals surface area contributed by atoms with Crippen molar-refractivity contribution in [1.82, 2.24) is 20.3 Å². The van der Waals surface area contributed by atoms with Crippen LogP contribution in [0.3, 0.4) is 0 Å². The molecule has 0 aliphatic carbocycles. The van der Waals surface area contributed by atoms with Gasteiger partial charge in [-0.2, -0.15) is 0 Å². The van der Waals surface area contributed by atoms with E-state index in [9.17, 15) is 0 Å². The lowest BCUT2D eigenvalue weighted by Crippen LogP contribution is -2.14. The Morgan fingerprint density at radius 3 is 2.71 bits per heavy atom. The highest BCUT2D eigenvalue weighted by Crippen LogP contribution is 2.21. The molecule has 0 saturated heterocycles. The summed E-state index contributed by atoms with van der Waals surface area (Å²) in [5.74, 6) is 1.86. The third kappa shape index (κ3) is 6.32. The Morgan fingerprint density at radius 2 is 2.03 bits per heavy atom. The Bertz CT molecular complexity index is 1230. The van der Waals surface area contributed by atoms with Crippen LogP contribution in [0.1, 0.15) is 19.4 Å². The van der Waals surface area contributed by atoms with Gasteiger partial charge in [0.25, 0.3) is 0 Å². The summed E-state index contributed by atoms with van der Waals surface area (Å²) in [6, 6.07) is 9.14. The first-order valence-corrected chi connectivity index (χ1v) is 10.8. The number of aromatic nitrogens is 3. The average Bonchev–Trinajstić information content (AvgIpc) is 2.84. The van der Waals surface area contributed by atoms with E-state index >= 15 is 0 Å². The summed E-state index contributed by atoms with van der Waals surface area (Å²) >= 11 is 0. The van der Waals surface area contributed by atoms with Crippen molar-refractivity contribution >= 4 is 28.1 Å². The second-order valence-electron chi connectivity index (χ2n) is 7.81. The fraction of sp³-hybridized carbons (Fsp3) is 0.200. The third-order valence-electron chi connectivity index (χ3n) is 4.93. The molecule has 3 aromatic heterocycles. The maximum Gasteiger partial charge on any atom is 0.138 e. The van der Waals surface area contributed by atoms with Crippen LogP contribution in [-0.2, 0) is 0 Å². The zero-order chi connectivity index (χ0) is 24.5. The number of ether oxygens (including phenoxy) is 1. The third-order valence-corrected chi connectivity index (χ3v) is 4.93. The van der Waals surface area contributed by atoms with E-state index in [1.807, 2.05) is 32.0 Å². The Labute approximate surface area is 199 Å². The quantitative estimate of drug-likeness (QED) is 0.229. The van der Waals surface area contributed by atoms with Gasteiger partial charge in [0, 0.05) is 36.8 Å². The molecule has 176 valence electrons. The minimum absolute atomic E-state index is 0.0838. The lowest BCUT2D eigenvalue weighted by molar-refractivity contribution is 0.375. The van der Waals surface area contributed by atoms with Gasteiger partial charge in [0.1, 0.15) is 24.0 Å². The van der Waals surface area contributed by atoms with Crippen LogP contribution >= 0.6 is 0 Å². The molecule has 0 saturated carbocycles. The maximum absolute atomic E-state index is 8.54. The van der Waals surface area contributed by atoms with Crippen molar-refractivity contribution in [1.29, 1.82) is 5.41 Å². The summed E-state index contributed by atoms with van der Waals surface area (Å²) in [5.41, 5.74) is 15.8. The van der Waals surface area contributed by atoms with Crippen LogP contribution in [0.2, 0.25) is 0 Å². The van der Waals surface area contributed by atoms with Crippen molar-refractivity contribution < 1.29 is 4.74 Å². The van der Waals surface area contributed by atoms with Crippen LogP contribution in [0.5, 0.6) is 5.75 Å². The number of nitrogens with one attached hydrogen (secondary N) is 3. The van der Waals surface area contributed by atoms with Gasteiger partial charge in [-0.1, -0.05) is 13.8 Å². The predicted molar refractivity (Wildman–Crippen MR) is 137 cm³/mol. The zero-order valence-corrected chi connectivity index (χ0v) is 19.5. The smallest absolute Gasteiger partial charge is 0.138 e. The first kappa shape index (κ1) is 24.2. The summed E-state index contributed by atoms with van der Waals surface area (Å²) in [4.78, 5) is 13.2. The number of hydrogen-bond donors (Lipinski definition) is 5. The Balaban J connectivity index is 1.83. The fourth-order valence-corrected chi connectivity index (χ4v) is 3.15. The molecule has 3 heterocycles. The van der Waals surface area contributed by atoms with Gasteiger partial charge in [-0.3, -0.25) is 9.97 Å².